The molecule has 0 spiro atoms. The largest absolute Gasteiger partial charge is 0.354 e. The molecular formula is C21H23N3O. The molecule has 1 atom stereocenters. The first-order valence-electron chi connectivity index (χ1n) is 8.58. The highest BCUT2D eigenvalue weighted by atomic mass is 16.1. The maximum absolute atomic E-state index is 12.5. The minimum absolute atomic E-state index is 0.0595. The Hall–Kier alpha value is -2.88. The summed E-state index contributed by atoms with van der Waals surface area (Å²) in [6, 6.07) is 20.4. The second kappa shape index (κ2) is 8.29. The van der Waals surface area contributed by atoms with E-state index in [1.165, 1.54) is 16.7 Å². The van der Waals surface area contributed by atoms with Gasteiger partial charge < -0.3 is 5.32 Å². The van der Waals surface area contributed by atoms with E-state index in [1.54, 1.807) is 6.20 Å². The van der Waals surface area contributed by atoms with Crippen molar-refractivity contribution in [1.29, 1.82) is 0 Å². The van der Waals surface area contributed by atoms with Gasteiger partial charge in [0.15, 0.2) is 0 Å². The van der Waals surface area contributed by atoms with Gasteiger partial charge in [-0.2, -0.15) is 5.10 Å². The molecule has 0 bridgehead atoms. The first kappa shape index (κ1) is 17.0. The van der Waals surface area contributed by atoms with Crippen molar-refractivity contribution in [3.05, 3.63) is 89.7 Å². The van der Waals surface area contributed by atoms with E-state index in [0.717, 1.165) is 0 Å². The topological polar surface area (TPSA) is 46.9 Å². The van der Waals surface area contributed by atoms with Gasteiger partial charge in [-0.1, -0.05) is 54.6 Å². The van der Waals surface area contributed by atoms with Crippen LogP contribution in [0.1, 0.15) is 29.0 Å². The van der Waals surface area contributed by atoms with Crippen molar-refractivity contribution in [3.8, 4) is 0 Å². The van der Waals surface area contributed by atoms with Gasteiger partial charge in [0, 0.05) is 31.3 Å². The number of aryl methyl sites for hydroxylation is 1. The molecule has 2 aromatic carbocycles. The van der Waals surface area contributed by atoms with Crippen molar-refractivity contribution in [2.45, 2.75) is 25.8 Å². The number of nitrogens with one attached hydrogen (secondary N) is 1. The number of aromatic nitrogens is 2. The molecule has 0 aliphatic rings. The van der Waals surface area contributed by atoms with Crippen LogP contribution >= 0.6 is 0 Å². The number of hydrogen-bond acceptors (Lipinski definition) is 2. The summed E-state index contributed by atoms with van der Waals surface area (Å²) in [6.07, 6.45) is 4.08. The summed E-state index contributed by atoms with van der Waals surface area (Å²) in [5.74, 6) is 0.122. The Morgan fingerprint density at radius 2 is 1.84 bits per heavy atom. The SMILES string of the molecule is Cc1ccccc1C(CC(=O)NCCn1cccn1)c1ccccc1. The van der Waals surface area contributed by atoms with Gasteiger partial charge in [0.1, 0.15) is 0 Å². The highest BCUT2D eigenvalue weighted by molar-refractivity contribution is 5.77. The Balaban J connectivity index is 1.69. The predicted octanol–water partition coefficient (Wildman–Crippen LogP) is 3.53. The van der Waals surface area contributed by atoms with Crippen LogP contribution in [0.5, 0.6) is 0 Å². The van der Waals surface area contributed by atoms with Crippen LogP contribution in [0.2, 0.25) is 0 Å². The summed E-state index contributed by atoms with van der Waals surface area (Å²) in [5.41, 5.74) is 3.58. The van der Waals surface area contributed by atoms with Crippen LogP contribution in [-0.4, -0.2) is 22.2 Å². The first-order valence-corrected chi connectivity index (χ1v) is 8.58. The first-order chi connectivity index (χ1) is 12.2. The fourth-order valence-electron chi connectivity index (χ4n) is 3.07. The monoisotopic (exact) mass is 333 g/mol. The molecule has 0 saturated heterocycles. The van der Waals surface area contributed by atoms with E-state index in [4.69, 9.17) is 0 Å². The third-order valence-electron chi connectivity index (χ3n) is 4.38. The molecule has 0 saturated carbocycles. The molecule has 0 fully saturated rings. The normalized spacial score (nSPS) is 11.9. The van der Waals surface area contributed by atoms with E-state index < -0.39 is 0 Å². The highest BCUT2D eigenvalue weighted by Gasteiger charge is 2.19. The molecule has 0 aliphatic carbocycles. The van der Waals surface area contributed by atoms with E-state index in [9.17, 15) is 4.79 Å². The number of carbonyl (C=O) groups is 1. The second-order valence-electron chi connectivity index (χ2n) is 6.14. The molecule has 1 heterocycles. The second-order valence-corrected chi connectivity index (χ2v) is 6.14. The maximum atomic E-state index is 12.5. The van der Waals surface area contributed by atoms with Crippen molar-refractivity contribution in [1.82, 2.24) is 15.1 Å². The average molecular weight is 333 g/mol. The van der Waals surface area contributed by atoms with Crippen LogP contribution in [0.3, 0.4) is 0 Å². The summed E-state index contributed by atoms with van der Waals surface area (Å²) in [5, 5.41) is 7.16. The molecule has 1 aromatic heterocycles. The van der Waals surface area contributed by atoms with E-state index >= 15 is 0 Å². The molecule has 1 unspecified atom stereocenters. The smallest absolute Gasteiger partial charge is 0.221 e. The Kier molecular flexibility index (Phi) is 5.62. The van der Waals surface area contributed by atoms with Gasteiger partial charge in [-0.3, -0.25) is 9.48 Å². The fraction of sp³-hybridized carbons (Fsp3) is 0.238. The van der Waals surface area contributed by atoms with Crippen LogP contribution < -0.4 is 5.32 Å². The Morgan fingerprint density at radius 3 is 2.56 bits per heavy atom. The van der Waals surface area contributed by atoms with Gasteiger partial charge in [-0.15, -0.1) is 0 Å². The van der Waals surface area contributed by atoms with Gasteiger partial charge >= 0.3 is 0 Å². The zero-order chi connectivity index (χ0) is 17.5. The zero-order valence-electron chi connectivity index (χ0n) is 14.4. The maximum Gasteiger partial charge on any atom is 0.221 e. The van der Waals surface area contributed by atoms with Gasteiger partial charge in [0.2, 0.25) is 5.91 Å². The Morgan fingerprint density at radius 1 is 1.08 bits per heavy atom. The van der Waals surface area contributed by atoms with Crippen LogP contribution in [0, 0.1) is 6.92 Å². The lowest BCUT2D eigenvalue weighted by atomic mass is 9.86. The molecule has 0 radical (unpaired) electrons. The molecular weight excluding hydrogens is 310 g/mol. The number of rotatable bonds is 7. The third-order valence-corrected chi connectivity index (χ3v) is 4.38. The molecule has 1 N–H and O–H groups in total. The number of benzene rings is 2. The number of amides is 1. The molecule has 3 rings (SSSR count). The van der Waals surface area contributed by atoms with E-state index in [0.29, 0.717) is 19.5 Å². The van der Waals surface area contributed by atoms with Crippen molar-refractivity contribution >= 4 is 5.91 Å². The molecule has 0 aliphatic heterocycles. The minimum atomic E-state index is 0.0595. The van der Waals surface area contributed by atoms with Crippen LogP contribution in [0.4, 0.5) is 0 Å². The standard InChI is InChI=1S/C21H23N3O/c1-17-8-5-6-11-19(17)20(18-9-3-2-4-10-18)16-21(25)22-13-15-24-14-7-12-23-24/h2-12,14,20H,13,15-16H2,1H3,(H,22,25). The summed E-state index contributed by atoms with van der Waals surface area (Å²) < 4.78 is 1.82. The minimum Gasteiger partial charge on any atom is -0.354 e. The van der Waals surface area contributed by atoms with Crippen LogP contribution in [-0.2, 0) is 11.3 Å². The van der Waals surface area contributed by atoms with Crippen molar-refractivity contribution in [2.24, 2.45) is 0 Å². The lowest BCUT2D eigenvalue weighted by Gasteiger charge is -2.20. The quantitative estimate of drug-likeness (QED) is 0.719. The van der Waals surface area contributed by atoms with Gasteiger partial charge in [-0.25, -0.2) is 0 Å². The van der Waals surface area contributed by atoms with Gasteiger partial charge in [0.05, 0.1) is 6.54 Å². The van der Waals surface area contributed by atoms with Crippen molar-refractivity contribution in [3.63, 3.8) is 0 Å². The van der Waals surface area contributed by atoms with E-state index in [2.05, 4.69) is 41.6 Å². The average Bonchev–Trinajstić information content (AvgIpc) is 3.15. The van der Waals surface area contributed by atoms with E-state index in [-0.39, 0.29) is 11.8 Å². The lowest BCUT2D eigenvalue weighted by Crippen LogP contribution is -2.29. The van der Waals surface area contributed by atoms with Crippen LogP contribution in [0.25, 0.3) is 0 Å². The highest BCUT2D eigenvalue weighted by Crippen LogP contribution is 2.30. The molecule has 4 nitrogen and oxygen atoms in total. The summed E-state index contributed by atoms with van der Waals surface area (Å²) in [4.78, 5) is 12.5. The predicted molar refractivity (Wildman–Crippen MR) is 99.3 cm³/mol. The molecule has 1 amide bonds. The van der Waals surface area contributed by atoms with E-state index in [1.807, 2.05) is 47.3 Å². The van der Waals surface area contributed by atoms with Gasteiger partial charge in [0.25, 0.3) is 0 Å². The van der Waals surface area contributed by atoms with Crippen LogP contribution in [0.15, 0.2) is 73.1 Å². The van der Waals surface area contributed by atoms with Gasteiger partial charge in [-0.05, 0) is 29.7 Å². The van der Waals surface area contributed by atoms with Crippen molar-refractivity contribution < 1.29 is 4.79 Å². The fourth-order valence-corrected chi connectivity index (χ4v) is 3.07. The molecule has 25 heavy (non-hydrogen) atoms. The number of carbonyl (C=O) groups excluding carboxylic acids is 1. The molecule has 3 aromatic rings. The Labute approximate surface area is 148 Å². The lowest BCUT2D eigenvalue weighted by molar-refractivity contribution is -0.121. The summed E-state index contributed by atoms with van der Waals surface area (Å²) in [7, 11) is 0. The molecule has 4 heteroatoms. The summed E-state index contributed by atoms with van der Waals surface area (Å²) in [6.45, 7) is 3.36. The number of hydrogen-bond donors (Lipinski definition) is 1. The number of nitrogens with zero attached hydrogens (tertiary/aromatic N) is 2. The third kappa shape index (κ3) is 4.57. The van der Waals surface area contributed by atoms with Crippen molar-refractivity contribution in [2.75, 3.05) is 6.54 Å². The Bertz CT molecular complexity index is 797. The molecule has 128 valence electrons. The summed E-state index contributed by atoms with van der Waals surface area (Å²) >= 11 is 0. The zero-order valence-corrected chi connectivity index (χ0v) is 14.4.